The van der Waals surface area contributed by atoms with Crippen LogP contribution in [0.2, 0.25) is 0 Å². The third kappa shape index (κ3) is 2.69. The first-order valence-electron chi connectivity index (χ1n) is 6.24. The van der Waals surface area contributed by atoms with Gasteiger partial charge in [0.2, 0.25) is 0 Å². The van der Waals surface area contributed by atoms with E-state index >= 15 is 0 Å². The fourth-order valence-electron chi connectivity index (χ4n) is 2.05. The van der Waals surface area contributed by atoms with E-state index in [1.54, 1.807) is 0 Å². The maximum absolute atomic E-state index is 12.0. The molecule has 1 aliphatic rings. The largest absolute Gasteiger partial charge is 0.455 e. The molecule has 1 unspecified atom stereocenters. The van der Waals surface area contributed by atoms with Crippen LogP contribution in [0.25, 0.3) is 0 Å². The summed E-state index contributed by atoms with van der Waals surface area (Å²) in [4.78, 5) is 12.0. The molecule has 0 bridgehead atoms. The maximum Gasteiger partial charge on any atom is 0.361 e. The van der Waals surface area contributed by atoms with Gasteiger partial charge >= 0.3 is 5.97 Å². The van der Waals surface area contributed by atoms with Gasteiger partial charge < -0.3 is 10.1 Å². The van der Waals surface area contributed by atoms with Crippen LogP contribution in [0.5, 0.6) is 0 Å². The van der Waals surface area contributed by atoms with Gasteiger partial charge in [0.15, 0.2) is 5.69 Å². The van der Waals surface area contributed by atoms with E-state index in [4.69, 9.17) is 4.74 Å². The summed E-state index contributed by atoms with van der Waals surface area (Å²) < 4.78 is 7.13. The highest BCUT2D eigenvalue weighted by Gasteiger charge is 2.26. The highest BCUT2D eigenvalue weighted by Crippen LogP contribution is 2.19. The Labute approximate surface area is 107 Å². The Kier molecular flexibility index (Phi) is 3.38. The molecule has 1 aromatic rings. The third-order valence-corrected chi connectivity index (χ3v) is 2.90. The lowest BCUT2D eigenvalue weighted by molar-refractivity contribution is 0.00618. The Morgan fingerprint density at radius 1 is 1.50 bits per heavy atom. The van der Waals surface area contributed by atoms with Crippen LogP contribution in [-0.2, 0) is 4.74 Å². The molecule has 6 heteroatoms. The zero-order valence-electron chi connectivity index (χ0n) is 11.4. The summed E-state index contributed by atoms with van der Waals surface area (Å²) in [5.74, 6) is -0.405. The maximum atomic E-state index is 12.0. The number of carbonyl (C=O) groups is 1. The molecule has 0 saturated carbocycles. The van der Waals surface area contributed by atoms with Crippen LogP contribution in [-0.4, -0.2) is 39.7 Å². The van der Waals surface area contributed by atoms with E-state index in [0.29, 0.717) is 5.69 Å². The highest BCUT2D eigenvalue weighted by molar-refractivity contribution is 5.88. The van der Waals surface area contributed by atoms with Crippen LogP contribution in [0.3, 0.4) is 0 Å². The first-order valence-corrected chi connectivity index (χ1v) is 6.24. The Morgan fingerprint density at radius 3 is 2.78 bits per heavy atom. The lowest BCUT2D eigenvalue weighted by Crippen LogP contribution is -2.24. The van der Waals surface area contributed by atoms with E-state index in [-0.39, 0.29) is 6.04 Å². The van der Waals surface area contributed by atoms with Crippen molar-refractivity contribution in [2.45, 2.75) is 45.8 Å². The number of hydrogen-bond donors (Lipinski definition) is 1. The average Bonchev–Trinajstić information content (AvgIpc) is 2.82. The Balaban J connectivity index is 2.17. The lowest BCUT2D eigenvalue weighted by Gasteiger charge is -2.18. The number of rotatable bonds is 2. The van der Waals surface area contributed by atoms with Crippen molar-refractivity contribution >= 4 is 5.97 Å². The molecule has 1 aliphatic heterocycles. The smallest absolute Gasteiger partial charge is 0.361 e. The molecule has 2 heterocycles. The zero-order chi connectivity index (χ0) is 13.3. The molecule has 2 rings (SSSR count). The van der Waals surface area contributed by atoms with Crippen LogP contribution in [0.1, 0.15) is 49.4 Å². The minimum Gasteiger partial charge on any atom is -0.455 e. The van der Waals surface area contributed by atoms with Gasteiger partial charge in [-0.3, -0.25) is 0 Å². The number of carbonyl (C=O) groups excluding carboxylic acids is 1. The topological polar surface area (TPSA) is 69.0 Å². The second-order valence-electron chi connectivity index (χ2n) is 5.62. The van der Waals surface area contributed by atoms with Crippen molar-refractivity contribution in [2.24, 2.45) is 0 Å². The van der Waals surface area contributed by atoms with Crippen molar-refractivity contribution in [3.8, 4) is 0 Å². The monoisotopic (exact) mass is 252 g/mol. The average molecular weight is 252 g/mol. The molecule has 0 amide bonds. The van der Waals surface area contributed by atoms with Crippen molar-refractivity contribution in [1.82, 2.24) is 20.3 Å². The summed E-state index contributed by atoms with van der Waals surface area (Å²) in [5, 5.41) is 11.3. The molecule has 1 N–H and O–H groups in total. The molecule has 0 aromatic carbocycles. The van der Waals surface area contributed by atoms with Crippen LogP contribution in [0.4, 0.5) is 0 Å². The second-order valence-corrected chi connectivity index (χ2v) is 5.62. The normalized spacial score (nSPS) is 20.1. The number of aromatic nitrogens is 3. The van der Waals surface area contributed by atoms with E-state index in [1.165, 1.54) is 0 Å². The van der Waals surface area contributed by atoms with Crippen LogP contribution in [0.15, 0.2) is 0 Å². The van der Waals surface area contributed by atoms with E-state index in [0.717, 1.165) is 25.2 Å². The Hall–Kier alpha value is -1.43. The third-order valence-electron chi connectivity index (χ3n) is 2.90. The van der Waals surface area contributed by atoms with Gasteiger partial charge in [-0.15, -0.1) is 5.10 Å². The predicted octanol–water partition coefficient (Wildman–Crippen LogP) is 1.08. The quantitative estimate of drug-likeness (QED) is 0.797. The van der Waals surface area contributed by atoms with Crippen molar-refractivity contribution in [2.75, 3.05) is 13.1 Å². The number of ether oxygens (including phenoxy) is 1. The minimum atomic E-state index is -0.512. The SMILES string of the molecule is Cc1c(C(=O)OC(C)(C)C)nnn1C1CCNC1. The number of esters is 1. The van der Waals surface area contributed by atoms with Crippen molar-refractivity contribution in [3.63, 3.8) is 0 Å². The van der Waals surface area contributed by atoms with E-state index in [2.05, 4.69) is 15.6 Å². The first kappa shape index (κ1) is 13.0. The standard InChI is InChI=1S/C12H20N4O2/c1-8-10(11(17)18-12(2,3)4)14-15-16(8)9-5-6-13-7-9/h9,13H,5-7H2,1-4H3. The molecule has 1 atom stereocenters. The molecule has 0 spiro atoms. The Bertz CT molecular complexity index is 441. The van der Waals surface area contributed by atoms with Crippen molar-refractivity contribution in [3.05, 3.63) is 11.4 Å². The molecule has 1 saturated heterocycles. The zero-order valence-corrected chi connectivity index (χ0v) is 11.4. The highest BCUT2D eigenvalue weighted by atomic mass is 16.6. The van der Waals surface area contributed by atoms with Crippen molar-refractivity contribution in [1.29, 1.82) is 0 Å². The molecule has 18 heavy (non-hydrogen) atoms. The van der Waals surface area contributed by atoms with Gasteiger partial charge in [0.25, 0.3) is 0 Å². The summed E-state index contributed by atoms with van der Waals surface area (Å²) >= 11 is 0. The lowest BCUT2D eigenvalue weighted by atomic mass is 10.2. The van der Waals surface area contributed by atoms with E-state index < -0.39 is 11.6 Å². The van der Waals surface area contributed by atoms with E-state index in [1.807, 2.05) is 32.4 Å². The summed E-state index contributed by atoms with van der Waals surface area (Å²) in [6.45, 7) is 9.23. The van der Waals surface area contributed by atoms with Crippen molar-refractivity contribution < 1.29 is 9.53 Å². The minimum absolute atomic E-state index is 0.286. The second kappa shape index (κ2) is 4.68. The van der Waals surface area contributed by atoms with Gasteiger partial charge in [0.1, 0.15) is 5.60 Å². The molecule has 0 radical (unpaired) electrons. The van der Waals surface area contributed by atoms with Crippen LogP contribution >= 0.6 is 0 Å². The van der Waals surface area contributed by atoms with Gasteiger partial charge in [-0.2, -0.15) is 0 Å². The fraction of sp³-hybridized carbons (Fsp3) is 0.750. The summed E-state index contributed by atoms with van der Waals surface area (Å²) in [7, 11) is 0. The number of nitrogens with zero attached hydrogens (tertiary/aromatic N) is 3. The Morgan fingerprint density at radius 2 is 2.22 bits per heavy atom. The van der Waals surface area contributed by atoms with Gasteiger partial charge in [-0.05, 0) is 40.7 Å². The van der Waals surface area contributed by atoms with E-state index in [9.17, 15) is 4.79 Å². The molecule has 6 nitrogen and oxygen atoms in total. The van der Waals surface area contributed by atoms with Crippen LogP contribution in [0, 0.1) is 6.92 Å². The molecule has 1 fully saturated rings. The van der Waals surface area contributed by atoms with Gasteiger partial charge in [0.05, 0.1) is 11.7 Å². The van der Waals surface area contributed by atoms with Crippen LogP contribution < -0.4 is 5.32 Å². The number of hydrogen-bond acceptors (Lipinski definition) is 5. The number of nitrogens with one attached hydrogen (secondary N) is 1. The summed E-state index contributed by atoms with van der Waals surface area (Å²) in [6, 6.07) is 0.286. The van der Waals surface area contributed by atoms with Gasteiger partial charge in [-0.25, -0.2) is 9.48 Å². The van der Waals surface area contributed by atoms with Gasteiger partial charge in [0, 0.05) is 6.54 Å². The van der Waals surface area contributed by atoms with Gasteiger partial charge in [-0.1, -0.05) is 5.21 Å². The molecular weight excluding hydrogens is 232 g/mol. The summed E-state index contributed by atoms with van der Waals surface area (Å²) in [6.07, 6.45) is 1.01. The molecule has 100 valence electrons. The first-order chi connectivity index (χ1) is 8.38. The summed E-state index contributed by atoms with van der Waals surface area (Å²) in [5.41, 5.74) is 0.581. The fourth-order valence-corrected chi connectivity index (χ4v) is 2.05. The molecule has 0 aliphatic carbocycles. The molecular formula is C12H20N4O2. The molecule has 1 aromatic heterocycles. The predicted molar refractivity (Wildman–Crippen MR) is 66.5 cm³/mol.